The molecule has 0 aromatic carbocycles. The molecule has 0 heterocycles. The molecule has 1 aliphatic rings. The summed E-state index contributed by atoms with van der Waals surface area (Å²) in [6.07, 6.45) is 2.14. The van der Waals surface area contributed by atoms with Crippen molar-refractivity contribution in [1.29, 1.82) is 0 Å². The molecule has 0 radical (unpaired) electrons. The SMILES string of the molecule is COC(=O)[C@H]1CC[C@H](C(CF)NC(=O)OC(C)(C)C)CC1. The summed E-state index contributed by atoms with van der Waals surface area (Å²) in [5.74, 6) is -0.276. The number of nitrogens with one attached hydrogen (secondary N) is 1. The third-order valence-electron chi connectivity index (χ3n) is 3.74. The largest absolute Gasteiger partial charge is 0.469 e. The molecule has 0 saturated heterocycles. The van der Waals surface area contributed by atoms with Crippen LogP contribution >= 0.6 is 0 Å². The highest BCUT2D eigenvalue weighted by molar-refractivity contribution is 5.72. The standard InChI is InChI=1S/C15H26FNO4/c1-15(2,3)21-14(19)17-12(9-16)10-5-7-11(8-6-10)13(18)20-4/h10-12H,5-9H2,1-4H3,(H,17,19)/t10-,11-,12?. The van der Waals surface area contributed by atoms with Crippen molar-refractivity contribution >= 4 is 12.1 Å². The molecular formula is C15H26FNO4. The molecule has 0 spiro atoms. The van der Waals surface area contributed by atoms with Crippen molar-refractivity contribution in [2.45, 2.75) is 58.1 Å². The third-order valence-corrected chi connectivity index (χ3v) is 3.74. The number of rotatable bonds is 4. The van der Waals surface area contributed by atoms with E-state index in [0.717, 1.165) is 0 Å². The Morgan fingerprint density at radius 1 is 1.24 bits per heavy atom. The molecule has 1 saturated carbocycles. The zero-order chi connectivity index (χ0) is 16.0. The van der Waals surface area contributed by atoms with Crippen LogP contribution in [0.25, 0.3) is 0 Å². The van der Waals surface area contributed by atoms with Crippen LogP contribution in [0.1, 0.15) is 46.5 Å². The normalized spacial score (nSPS) is 24.0. The number of carbonyl (C=O) groups excluding carboxylic acids is 2. The van der Waals surface area contributed by atoms with E-state index in [1.165, 1.54) is 7.11 Å². The molecular weight excluding hydrogens is 277 g/mol. The van der Waals surface area contributed by atoms with Crippen molar-refractivity contribution in [1.82, 2.24) is 5.32 Å². The number of hydrogen-bond acceptors (Lipinski definition) is 4. The highest BCUT2D eigenvalue weighted by Crippen LogP contribution is 2.31. The number of ether oxygens (including phenoxy) is 2. The van der Waals surface area contributed by atoms with Gasteiger partial charge in [0.15, 0.2) is 0 Å². The molecule has 0 aliphatic heterocycles. The lowest BCUT2D eigenvalue weighted by Crippen LogP contribution is -2.45. The maximum absolute atomic E-state index is 13.2. The molecule has 1 unspecified atom stereocenters. The highest BCUT2D eigenvalue weighted by Gasteiger charge is 2.32. The van der Waals surface area contributed by atoms with Gasteiger partial charge in [-0.05, 0) is 52.4 Å². The minimum Gasteiger partial charge on any atom is -0.469 e. The molecule has 1 aliphatic carbocycles. The summed E-state index contributed by atoms with van der Waals surface area (Å²) in [7, 11) is 1.38. The molecule has 6 heteroatoms. The first-order chi connectivity index (χ1) is 9.76. The minimum absolute atomic E-state index is 0.0309. The zero-order valence-corrected chi connectivity index (χ0v) is 13.3. The highest BCUT2D eigenvalue weighted by atomic mass is 19.1. The molecule has 0 aromatic rings. The minimum atomic E-state index is -0.632. The Kier molecular flexibility index (Phi) is 6.42. The van der Waals surface area contributed by atoms with Crippen molar-refractivity contribution in [3.8, 4) is 0 Å². The molecule has 1 fully saturated rings. The number of alkyl halides is 1. The summed E-state index contributed by atoms with van der Waals surface area (Å²) in [6, 6.07) is -0.557. The molecule has 1 rings (SSSR count). The van der Waals surface area contributed by atoms with Crippen molar-refractivity contribution in [2.75, 3.05) is 13.8 Å². The average molecular weight is 303 g/mol. The van der Waals surface area contributed by atoms with Crippen LogP contribution in [-0.4, -0.2) is 37.5 Å². The number of esters is 1. The van der Waals surface area contributed by atoms with Gasteiger partial charge < -0.3 is 14.8 Å². The Morgan fingerprint density at radius 2 is 1.81 bits per heavy atom. The van der Waals surface area contributed by atoms with E-state index in [4.69, 9.17) is 9.47 Å². The van der Waals surface area contributed by atoms with E-state index < -0.39 is 24.4 Å². The lowest BCUT2D eigenvalue weighted by atomic mass is 9.79. The Morgan fingerprint density at radius 3 is 2.24 bits per heavy atom. The molecule has 122 valence electrons. The van der Waals surface area contributed by atoms with Crippen LogP contribution in [0.3, 0.4) is 0 Å². The predicted molar refractivity (Wildman–Crippen MR) is 76.6 cm³/mol. The van der Waals surface area contributed by atoms with E-state index in [1.807, 2.05) is 0 Å². The molecule has 21 heavy (non-hydrogen) atoms. The van der Waals surface area contributed by atoms with Gasteiger partial charge in [-0.1, -0.05) is 0 Å². The monoisotopic (exact) mass is 303 g/mol. The van der Waals surface area contributed by atoms with Gasteiger partial charge in [-0.3, -0.25) is 4.79 Å². The van der Waals surface area contributed by atoms with E-state index in [9.17, 15) is 14.0 Å². The lowest BCUT2D eigenvalue weighted by Gasteiger charge is -2.32. The maximum atomic E-state index is 13.2. The van der Waals surface area contributed by atoms with Gasteiger partial charge in [0.05, 0.1) is 19.1 Å². The van der Waals surface area contributed by atoms with Gasteiger partial charge in [0, 0.05) is 0 Å². The van der Waals surface area contributed by atoms with Crippen LogP contribution in [0.2, 0.25) is 0 Å². The van der Waals surface area contributed by atoms with Gasteiger partial charge in [0.1, 0.15) is 12.3 Å². The number of methoxy groups -OCH3 is 1. The topological polar surface area (TPSA) is 64.6 Å². The van der Waals surface area contributed by atoms with Crippen molar-refractivity contribution in [3.05, 3.63) is 0 Å². The van der Waals surface area contributed by atoms with Crippen molar-refractivity contribution < 1.29 is 23.5 Å². The number of hydrogen-bond donors (Lipinski definition) is 1. The molecule has 0 bridgehead atoms. The van der Waals surface area contributed by atoms with Gasteiger partial charge >= 0.3 is 12.1 Å². The first-order valence-corrected chi connectivity index (χ1v) is 7.40. The predicted octanol–water partition coefficient (Wildman–Crippen LogP) is 2.83. The second-order valence-electron chi connectivity index (χ2n) is 6.54. The second-order valence-corrected chi connectivity index (χ2v) is 6.54. The Labute approximate surface area is 125 Å². The number of alkyl carbamates (subject to hydrolysis) is 1. The van der Waals surface area contributed by atoms with Gasteiger partial charge in [0.25, 0.3) is 0 Å². The van der Waals surface area contributed by atoms with Gasteiger partial charge in [-0.25, -0.2) is 9.18 Å². The molecule has 0 aromatic heterocycles. The van der Waals surface area contributed by atoms with Crippen LogP contribution in [0.4, 0.5) is 9.18 Å². The fraction of sp³-hybridized carbons (Fsp3) is 0.867. The number of halogens is 1. The third kappa shape index (κ3) is 5.89. The van der Waals surface area contributed by atoms with Crippen LogP contribution in [0.5, 0.6) is 0 Å². The fourth-order valence-corrected chi connectivity index (χ4v) is 2.67. The second kappa shape index (κ2) is 7.61. The molecule has 1 atom stereocenters. The summed E-state index contributed by atoms with van der Waals surface area (Å²) in [6.45, 7) is 4.66. The average Bonchev–Trinajstić information content (AvgIpc) is 2.42. The summed E-state index contributed by atoms with van der Waals surface area (Å²) in [5.41, 5.74) is -0.604. The lowest BCUT2D eigenvalue weighted by molar-refractivity contribution is -0.146. The first-order valence-electron chi connectivity index (χ1n) is 7.40. The molecule has 5 nitrogen and oxygen atoms in total. The van der Waals surface area contributed by atoms with Gasteiger partial charge in [0.2, 0.25) is 0 Å². The molecule has 1 N–H and O–H groups in total. The maximum Gasteiger partial charge on any atom is 0.407 e. The van der Waals surface area contributed by atoms with Gasteiger partial charge in [-0.15, -0.1) is 0 Å². The van der Waals surface area contributed by atoms with Crippen LogP contribution in [0.15, 0.2) is 0 Å². The number of carbonyl (C=O) groups is 2. The summed E-state index contributed by atoms with van der Waals surface area (Å²) in [4.78, 5) is 23.2. The zero-order valence-electron chi connectivity index (χ0n) is 13.3. The smallest absolute Gasteiger partial charge is 0.407 e. The summed E-state index contributed by atoms with van der Waals surface area (Å²) in [5, 5.41) is 2.60. The van der Waals surface area contributed by atoms with Crippen molar-refractivity contribution in [2.24, 2.45) is 11.8 Å². The Balaban J connectivity index is 2.47. The first kappa shape index (κ1) is 17.7. The summed E-state index contributed by atoms with van der Waals surface area (Å²) >= 11 is 0. The Bertz CT molecular complexity index is 359. The van der Waals surface area contributed by atoms with E-state index >= 15 is 0 Å². The number of amides is 1. The van der Waals surface area contributed by atoms with E-state index in [2.05, 4.69) is 5.32 Å². The van der Waals surface area contributed by atoms with Crippen LogP contribution in [-0.2, 0) is 14.3 Å². The van der Waals surface area contributed by atoms with Gasteiger partial charge in [-0.2, -0.15) is 0 Å². The van der Waals surface area contributed by atoms with Crippen molar-refractivity contribution in [3.63, 3.8) is 0 Å². The Hall–Kier alpha value is -1.33. The van der Waals surface area contributed by atoms with Crippen LogP contribution < -0.4 is 5.32 Å². The summed E-state index contributed by atoms with van der Waals surface area (Å²) < 4.78 is 23.1. The fourth-order valence-electron chi connectivity index (χ4n) is 2.67. The molecule has 1 amide bonds. The van der Waals surface area contributed by atoms with E-state index in [1.54, 1.807) is 20.8 Å². The quantitative estimate of drug-likeness (QED) is 0.811. The van der Waals surface area contributed by atoms with Crippen LogP contribution in [0, 0.1) is 11.8 Å². The van der Waals surface area contributed by atoms with E-state index in [0.29, 0.717) is 25.7 Å². The van der Waals surface area contributed by atoms with E-state index in [-0.39, 0.29) is 17.8 Å².